The highest BCUT2D eigenvalue weighted by atomic mass is 35.5. The zero-order valence-electron chi connectivity index (χ0n) is 15.5. The van der Waals surface area contributed by atoms with Gasteiger partial charge in [0, 0.05) is 46.3 Å². The Hall–Kier alpha value is -2.30. The van der Waals surface area contributed by atoms with E-state index >= 15 is 0 Å². The number of rotatable bonds is 5. The van der Waals surface area contributed by atoms with E-state index in [9.17, 15) is 9.59 Å². The van der Waals surface area contributed by atoms with E-state index < -0.39 is 0 Å². The summed E-state index contributed by atoms with van der Waals surface area (Å²) in [5.41, 5.74) is 1.31. The van der Waals surface area contributed by atoms with Crippen molar-refractivity contribution in [2.75, 3.05) is 20.2 Å². The fourth-order valence-electron chi connectivity index (χ4n) is 3.28. The van der Waals surface area contributed by atoms with Gasteiger partial charge in [0.1, 0.15) is 5.75 Å². The number of hydrogen-bond acceptors (Lipinski definition) is 3. The number of carbonyl (C=O) groups is 2. The van der Waals surface area contributed by atoms with Gasteiger partial charge in [-0.25, -0.2) is 0 Å². The summed E-state index contributed by atoms with van der Waals surface area (Å²) < 4.78 is 5.13. The van der Waals surface area contributed by atoms with Crippen LogP contribution in [0.2, 0.25) is 10.0 Å². The number of piperidine rings is 1. The molecule has 2 aromatic carbocycles. The lowest BCUT2D eigenvalue weighted by Gasteiger charge is -2.30. The molecular formula is C22H21Cl2NO3. The predicted molar refractivity (Wildman–Crippen MR) is 112 cm³/mol. The van der Waals surface area contributed by atoms with Crippen LogP contribution in [0.25, 0.3) is 6.08 Å². The Labute approximate surface area is 174 Å². The minimum Gasteiger partial charge on any atom is -0.497 e. The van der Waals surface area contributed by atoms with Crippen LogP contribution < -0.4 is 4.74 Å². The van der Waals surface area contributed by atoms with Crippen molar-refractivity contribution in [1.82, 2.24) is 4.90 Å². The van der Waals surface area contributed by atoms with E-state index in [0.29, 0.717) is 47.1 Å². The van der Waals surface area contributed by atoms with E-state index in [1.807, 2.05) is 0 Å². The average molecular weight is 418 g/mol. The van der Waals surface area contributed by atoms with Crippen LogP contribution in [0.1, 0.15) is 28.8 Å². The molecule has 1 amide bonds. The molecule has 0 N–H and O–H groups in total. The first kappa shape index (κ1) is 20.4. The van der Waals surface area contributed by atoms with Crippen molar-refractivity contribution >= 4 is 41.0 Å². The molecule has 0 radical (unpaired) electrons. The molecule has 146 valence electrons. The Morgan fingerprint density at radius 3 is 2.21 bits per heavy atom. The second-order valence-corrected chi connectivity index (χ2v) is 7.48. The van der Waals surface area contributed by atoms with Gasteiger partial charge in [0.05, 0.1) is 7.11 Å². The lowest BCUT2D eigenvalue weighted by molar-refractivity contribution is -0.127. The van der Waals surface area contributed by atoms with Gasteiger partial charge in [-0.3, -0.25) is 9.59 Å². The number of ether oxygens (including phenoxy) is 1. The van der Waals surface area contributed by atoms with E-state index in [0.717, 1.165) is 5.75 Å². The lowest BCUT2D eigenvalue weighted by Crippen LogP contribution is -2.39. The summed E-state index contributed by atoms with van der Waals surface area (Å²) in [7, 11) is 1.59. The standard InChI is InChI=1S/C22H21Cl2NO3/c1-28-17-7-5-15(6-8-17)22(27)16-11-13-25(14-12-16)21(26)10-9-18-19(23)3-2-4-20(18)24/h2-10,16H,11-14H2,1H3. The van der Waals surface area contributed by atoms with Gasteiger partial charge in [-0.1, -0.05) is 29.3 Å². The van der Waals surface area contributed by atoms with Crippen molar-refractivity contribution in [3.05, 3.63) is 69.7 Å². The van der Waals surface area contributed by atoms with Gasteiger partial charge in [0.25, 0.3) is 0 Å². The first-order valence-corrected chi connectivity index (χ1v) is 9.84. The van der Waals surface area contributed by atoms with Crippen LogP contribution >= 0.6 is 23.2 Å². The molecule has 2 aromatic rings. The molecule has 1 aliphatic heterocycles. The van der Waals surface area contributed by atoms with Crippen molar-refractivity contribution in [3.63, 3.8) is 0 Å². The zero-order chi connectivity index (χ0) is 20.1. The number of methoxy groups -OCH3 is 1. The molecule has 4 nitrogen and oxygen atoms in total. The minimum atomic E-state index is -0.105. The molecule has 0 bridgehead atoms. The number of carbonyl (C=O) groups excluding carboxylic acids is 2. The van der Waals surface area contributed by atoms with Gasteiger partial charge < -0.3 is 9.64 Å². The molecule has 1 aliphatic rings. The van der Waals surface area contributed by atoms with Crippen LogP contribution in [0.15, 0.2) is 48.5 Å². The predicted octanol–water partition coefficient (Wildman–Crippen LogP) is 5.14. The maximum atomic E-state index is 12.7. The summed E-state index contributed by atoms with van der Waals surface area (Å²) >= 11 is 12.2. The Morgan fingerprint density at radius 2 is 1.64 bits per heavy atom. The van der Waals surface area contributed by atoms with Crippen LogP contribution in [0.4, 0.5) is 0 Å². The summed E-state index contributed by atoms with van der Waals surface area (Å²) in [5, 5.41) is 1.00. The smallest absolute Gasteiger partial charge is 0.246 e. The van der Waals surface area contributed by atoms with Crippen molar-refractivity contribution in [2.45, 2.75) is 12.8 Å². The summed E-state index contributed by atoms with van der Waals surface area (Å²) in [6, 6.07) is 12.4. The largest absolute Gasteiger partial charge is 0.497 e. The van der Waals surface area contributed by atoms with E-state index in [1.165, 1.54) is 6.08 Å². The zero-order valence-corrected chi connectivity index (χ0v) is 17.0. The fraction of sp³-hybridized carbons (Fsp3) is 0.273. The lowest BCUT2D eigenvalue weighted by atomic mass is 9.89. The molecule has 0 aromatic heterocycles. The Kier molecular flexibility index (Phi) is 6.76. The number of amides is 1. The molecular weight excluding hydrogens is 397 g/mol. The third-order valence-electron chi connectivity index (χ3n) is 4.94. The summed E-state index contributed by atoms with van der Waals surface area (Å²) in [6.07, 6.45) is 4.43. The molecule has 0 saturated carbocycles. The van der Waals surface area contributed by atoms with Crippen LogP contribution in [0, 0.1) is 5.92 Å². The molecule has 0 aliphatic carbocycles. The highest BCUT2D eigenvalue weighted by molar-refractivity contribution is 6.37. The molecule has 3 rings (SSSR count). The normalized spacial score (nSPS) is 15.0. The SMILES string of the molecule is COc1ccc(C(=O)C2CCN(C(=O)C=Cc3c(Cl)cccc3Cl)CC2)cc1. The number of ketones is 1. The van der Waals surface area contributed by atoms with Gasteiger partial charge in [-0.15, -0.1) is 0 Å². The maximum absolute atomic E-state index is 12.7. The summed E-state index contributed by atoms with van der Waals surface area (Å²) in [5.74, 6) is 0.668. The van der Waals surface area contributed by atoms with Crippen LogP contribution in [0.5, 0.6) is 5.75 Å². The van der Waals surface area contributed by atoms with E-state index in [4.69, 9.17) is 27.9 Å². The molecule has 0 spiro atoms. The summed E-state index contributed by atoms with van der Waals surface area (Å²) in [6.45, 7) is 1.10. The first-order chi connectivity index (χ1) is 13.5. The Bertz CT molecular complexity index is 865. The molecule has 6 heteroatoms. The van der Waals surface area contributed by atoms with Gasteiger partial charge >= 0.3 is 0 Å². The van der Waals surface area contributed by atoms with Gasteiger partial charge in [-0.05, 0) is 55.3 Å². The van der Waals surface area contributed by atoms with Crippen molar-refractivity contribution < 1.29 is 14.3 Å². The van der Waals surface area contributed by atoms with Crippen molar-refractivity contribution in [2.24, 2.45) is 5.92 Å². The van der Waals surface area contributed by atoms with Gasteiger partial charge in [0.15, 0.2) is 5.78 Å². The third kappa shape index (κ3) is 4.75. The van der Waals surface area contributed by atoms with E-state index in [-0.39, 0.29) is 17.6 Å². The Balaban J connectivity index is 1.57. The number of likely N-dealkylation sites (tertiary alicyclic amines) is 1. The number of benzene rings is 2. The molecule has 1 heterocycles. The molecule has 1 fully saturated rings. The van der Waals surface area contributed by atoms with Gasteiger partial charge in [-0.2, -0.15) is 0 Å². The minimum absolute atomic E-state index is 0.0700. The van der Waals surface area contributed by atoms with Crippen LogP contribution in [-0.4, -0.2) is 36.8 Å². The molecule has 0 unspecified atom stereocenters. The van der Waals surface area contributed by atoms with Gasteiger partial charge in [0.2, 0.25) is 5.91 Å². The Morgan fingerprint density at radius 1 is 1.04 bits per heavy atom. The monoisotopic (exact) mass is 417 g/mol. The fourth-order valence-corrected chi connectivity index (χ4v) is 3.81. The number of hydrogen-bond donors (Lipinski definition) is 0. The third-order valence-corrected chi connectivity index (χ3v) is 5.60. The number of nitrogens with zero attached hydrogens (tertiary/aromatic N) is 1. The highest BCUT2D eigenvalue weighted by Gasteiger charge is 2.27. The first-order valence-electron chi connectivity index (χ1n) is 9.09. The maximum Gasteiger partial charge on any atom is 0.246 e. The average Bonchev–Trinajstić information content (AvgIpc) is 2.73. The van der Waals surface area contributed by atoms with Crippen molar-refractivity contribution in [3.8, 4) is 5.75 Å². The second kappa shape index (κ2) is 9.26. The molecule has 28 heavy (non-hydrogen) atoms. The summed E-state index contributed by atoms with van der Waals surface area (Å²) in [4.78, 5) is 26.9. The number of halogens is 2. The van der Waals surface area contributed by atoms with Crippen LogP contribution in [0.3, 0.4) is 0 Å². The molecule has 1 saturated heterocycles. The second-order valence-electron chi connectivity index (χ2n) is 6.66. The number of Topliss-reactive ketones (excluding diaryl/α,β-unsaturated/α-hetero) is 1. The molecule has 0 atom stereocenters. The van der Waals surface area contributed by atoms with Crippen LogP contribution in [-0.2, 0) is 4.79 Å². The quantitative estimate of drug-likeness (QED) is 0.499. The topological polar surface area (TPSA) is 46.6 Å². The van der Waals surface area contributed by atoms with E-state index in [2.05, 4.69) is 0 Å². The van der Waals surface area contributed by atoms with E-state index in [1.54, 1.807) is 60.6 Å². The van der Waals surface area contributed by atoms with Crippen molar-refractivity contribution in [1.29, 1.82) is 0 Å². The highest BCUT2D eigenvalue weighted by Crippen LogP contribution is 2.26.